The van der Waals surface area contributed by atoms with Crippen LogP contribution in [0.15, 0.2) is 16.6 Å². The van der Waals surface area contributed by atoms with Crippen molar-refractivity contribution in [2.45, 2.75) is 25.6 Å². The van der Waals surface area contributed by atoms with Crippen LogP contribution in [0.25, 0.3) is 0 Å². The number of rotatable bonds is 3. The fraction of sp³-hybridized carbons (Fsp3) is 0.538. The van der Waals surface area contributed by atoms with Gasteiger partial charge in [-0.05, 0) is 35.0 Å². The number of aliphatic hydroxyl groups excluding tert-OH is 1. The SMILES string of the molecule is CC1COC(CO)CN1Cc1c(F)ccc(Br)c1F. The Hall–Kier alpha value is -0.560. The summed E-state index contributed by atoms with van der Waals surface area (Å²) in [4.78, 5) is 1.92. The Bertz CT molecular complexity index is 459. The van der Waals surface area contributed by atoms with Gasteiger partial charge in [0.05, 0.1) is 23.8 Å². The van der Waals surface area contributed by atoms with Gasteiger partial charge in [0.2, 0.25) is 0 Å². The van der Waals surface area contributed by atoms with E-state index in [-0.39, 0.29) is 35.3 Å². The number of morpholine rings is 1. The van der Waals surface area contributed by atoms with Gasteiger partial charge >= 0.3 is 0 Å². The molecule has 1 N–H and O–H groups in total. The van der Waals surface area contributed by atoms with E-state index in [1.54, 1.807) is 0 Å². The van der Waals surface area contributed by atoms with E-state index in [4.69, 9.17) is 9.84 Å². The molecule has 1 aromatic carbocycles. The Morgan fingerprint density at radius 3 is 2.89 bits per heavy atom. The minimum absolute atomic E-state index is 0.0415. The van der Waals surface area contributed by atoms with E-state index in [1.807, 2.05) is 11.8 Å². The second-order valence-corrected chi connectivity index (χ2v) is 5.59. The van der Waals surface area contributed by atoms with E-state index < -0.39 is 11.6 Å². The first-order valence-electron chi connectivity index (χ1n) is 6.11. The molecule has 3 nitrogen and oxygen atoms in total. The fourth-order valence-corrected chi connectivity index (χ4v) is 2.49. The molecule has 0 aromatic heterocycles. The molecule has 6 heteroatoms. The molecule has 1 aromatic rings. The van der Waals surface area contributed by atoms with E-state index >= 15 is 0 Å². The molecule has 0 saturated carbocycles. The smallest absolute Gasteiger partial charge is 0.144 e. The highest BCUT2D eigenvalue weighted by Gasteiger charge is 2.27. The topological polar surface area (TPSA) is 32.7 Å². The zero-order valence-electron chi connectivity index (χ0n) is 10.6. The van der Waals surface area contributed by atoms with Gasteiger partial charge in [0.1, 0.15) is 11.6 Å². The number of aliphatic hydroxyl groups is 1. The standard InChI is InChI=1S/C13H16BrF2NO2/c1-8-7-19-9(6-18)4-17(8)5-10-12(15)3-2-11(14)13(10)16/h2-3,8-9,18H,4-7H2,1H3. The van der Waals surface area contributed by atoms with Crippen molar-refractivity contribution < 1.29 is 18.6 Å². The summed E-state index contributed by atoms with van der Waals surface area (Å²) in [5.41, 5.74) is 0.0415. The molecule has 1 aliphatic heterocycles. The highest BCUT2D eigenvalue weighted by atomic mass is 79.9. The number of halogens is 3. The molecule has 1 aliphatic rings. The first-order chi connectivity index (χ1) is 9.02. The Kier molecular flexibility index (Phi) is 4.89. The van der Waals surface area contributed by atoms with Crippen molar-refractivity contribution in [1.29, 1.82) is 0 Å². The Labute approximate surface area is 119 Å². The second-order valence-electron chi connectivity index (χ2n) is 4.74. The van der Waals surface area contributed by atoms with Crippen LogP contribution in [0.3, 0.4) is 0 Å². The van der Waals surface area contributed by atoms with Crippen molar-refractivity contribution in [2.75, 3.05) is 19.8 Å². The van der Waals surface area contributed by atoms with Gasteiger partial charge in [-0.25, -0.2) is 8.78 Å². The number of benzene rings is 1. The lowest BCUT2D eigenvalue weighted by molar-refractivity contribution is -0.0810. The van der Waals surface area contributed by atoms with Crippen LogP contribution in [-0.4, -0.2) is 41.9 Å². The Balaban J connectivity index is 2.18. The normalized spacial score (nSPS) is 24.7. The summed E-state index contributed by atoms with van der Waals surface area (Å²) in [5.74, 6) is -1.13. The van der Waals surface area contributed by atoms with Crippen molar-refractivity contribution in [2.24, 2.45) is 0 Å². The summed E-state index contributed by atoms with van der Waals surface area (Å²) in [5, 5.41) is 9.11. The zero-order chi connectivity index (χ0) is 14.0. The van der Waals surface area contributed by atoms with Crippen molar-refractivity contribution in [1.82, 2.24) is 4.90 Å². The van der Waals surface area contributed by atoms with Crippen LogP contribution in [0.2, 0.25) is 0 Å². The lowest BCUT2D eigenvalue weighted by atomic mass is 10.1. The van der Waals surface area contributed by atoms with Crippen LogP contribution < -0.4 is 0 Å². The molecule has 0 aliphatic carbocycles. The van der Waals surface area contributed by atoms with E-state index in [9.17, 15) is 8.78 Å². The van der Waals surface area contributed by atoms with Crippen molar-refractivity contribution in [3.63, 3.8) is 0 Å². The van der Waals surface area contributed by atoms with Gasteiger partial charge in [-0.3, -0.25) is 4.90 Å². The lowest BCUT2D eigenvalue weighted by Gasteiger charge is -2.37. The first-order valence-corrected chi connectivity index (χ1v) is 6.91. The summed E-state index contributed by atoms with van der Waals surface area (Å²) in [6.07, 6.45) is -0.297. The van der Waals surface area contributed by atoms with Gasteiger partial charge in [-0.15, -0.1) is 0 Å². The third kappa shape index (κ3) is 3.31. The van der Waals surface area contributed by atoms with Crippen molar-refractivity contribution >= 4 is 15.9 Å². The predicted molar refractivity (Wildman–Crippen MR) is 70.8 cm³/mol. The minimum atomic E-state index is -0.570. The average molecular weight is 336 g/mol. The van der Waals surface area contributed by atoms with Crippen LogP contribution in [0, 0.1) is 11.6 Å². The third-order valence-corrected chi connectivity index (χ3v) is 3.95. The molecule has 0 radical (unpaired) electrons. The molecule has 0 bridgehead atoms. The number of hydrogen-bond acceptors (Lipinski definition) is 3. The summed E-state index contributed by atoms with van der Waals surface area (Å²) in [6.45, 7) is 2.91. The highest BCUT2D eigenvalue weighted by molar-refractivity contribution is 9.10. The monoisotopic (exact) mass is 335 g/mol. The average Bonchev–Trinajstić information content (AvgIpc) is 2.41. The van der Waals surface area contributed by atoms with Gasteiger partial charge in [-0.2, -0.15) is 0 Å². The maximum Gasteiger partial charge on any atom is 0.144 e. The van der Waals surface area contributed by atoms with Gasteiger partial charge in [0, 0.05) is 24.7 Å². The van der Waals surface area contributed by atoms with Crippen molar-refractivity contribution in [3.8, 4) is 0 Å². The number of nitrogens with zero attached hydrogens (tertiary/aromatic N) is 1. The maximum absolute atomic E-state index is 13.9. The molecule has 1 heterocycles. The van der Waals surface area contributed by atoms with E-state index in [1.165, 1.54) is 12.1 Å². The van der Waals surface area contributed by atoms with E-state index in [0.29, 0.717) is 13.2 Å². The number of hydrogen-bond donors (Lipinski definition) is 1. The summed E-state index contributed by atoms with van der Waals surface area (Å²) >= 11 is 3.06. The van der Waals surface area contributed by atoms with Crippen LogP contribution in [0.4, 0.5) is 8.78 Å². The molecule has 1 fully saturated rings. The Morgan fingerprint density at radius 1 is 1.47 bits per heavy atom. The second kappa shape index (κ2) is 6.26. The van der Waals surface area contributed by atoms with Gasteiger partial charge in [0.25, 0.3) is 0 Å². The fourth-order valence-electron chi connectivity index (χ4n) is 2.12. The van der Waals surface area contributed by atoms with Crippen LogP contribution in [-0.2, 0) is 11.3 Å². The first kappa shape index (κ1) is 14.8. The molecule has 106 valence electrons. The summed E-state index contributed by atoms with van der Waals surface area (Å²) in [6, 6.07) is 2.66. The predicted octanol–water partition coefficient (Wildman–Crippen LogP) is 2.31. The Morgan fingerprint density at radius 2 is 2.21 bits per heavy atom. The molecule has 2 atom stereocenters. The van der Waals surface area contributed by atoms with Gasteiger partial charge in [-0.1, -0.05) is 0 Å². The van der Waals surface area contributed by atoms with Gasteiger partial charge < -0.3 is 9.84 Å². The van der Waals surface area contributed by atoms with Crippen LogP contribution in [0.1, 0.15) is 12.5 Å². The quantitative estimate of drug-likeness (QED) is 0.860. The van der Waals surface area contributed by atoms with E-state index in [2.05, 4.69) is 15.9 Å². The molecule has 19 heavy (non-hydrogen) atoms. The van der Waals surface area contributed by atoms with Crippen LogP contribution >= 0.6 is 15.9 Å². The lowest BCUT2D eigenvalue weighted by Crippen LogP contribution is -2.49. The molecule has 1 saturated heterocycles. The molecule has 0 spiro atoms. The largest absolute Gasteiger partial charge is 0.394 e. The summed E-state index contributed by atoms with van der Waals surface area (Å²) in [7, 11) is 0. The maximum atomic E-state index is 13.9. The zero-order valence-corrected chi connectivity index (χ0v) is 12.2. The van der Waals surface area contributed by atoms with Crippen molar-refractivity contribution in [3.05, 3.63) is 33.8 Å². The molecular formula is C13H16BrF2NO2. The molecular weight excluding hydrogens is 320 g/mol. The minimum Gasteiger partial charge on any atom is -0.394 e. The van der Waals surface area contributed by atoms with Gasteiger partial charge in [0.15, 0.2) is 0 Å². The molecule has 2 rings (SSSR count). The van der Waals surface area contributed by atoms with Crippen LogP contribution in [0.5, 0.6) is 0 Å². The van der Waals surface area contributed by atoms with E-state index in [0.717, 1.165) is 0 Å². The summed E-state index contributed by atoms with van der Waals surface area (Å²) < 4.78 is 33.3. The molecule has 2 unspecified atom stereocenters. The highest BCUT2D eigenvalue weighted by Crippen LogP contribution is 2.24. The molecule has 0 amide bonds. The third-order valence-electron chi connectivity index (χ3n) is 3.34. The number of ether oxygens (including phenoxy) is 1.